The number of aryl methyl sites for hydroxylation is 1. The maximum absolute atomic E-state index is 13.7. The minimum absolute atomic E-state index is 0.362. The number of carbonyl (C=O) groups excluding carboxylic acids is 2. The molecule has 1 aromatic heterocycles. The Kier molecular flexibility index (Phi) is 4.89. The fourth-order valence-electron chi connectivity index (χ4n) is 4.08. The smallest absolute Gasteiger partial charge is 0.282 e. The van der Waals surface area contributed by atoms with Gasteiger partial charge in [0.05, 0.1) is 11.3 Å². The van der Waals surface area contributed by atoms with Gasteiger partial charge in [-0.1, -0.05) is 47.5 Å². The van der Waals surface area contributed by atoms with Crippen LogP contribution in [0.5, 0.6) is 0 Å². The van der Waals surface area contributed by atoms with Crippen molar-refractivity contribution in [2.24, 2.45) is 0 Å². The maximum Gasteiger partial charge on any atom is 0.282 e. The van der Waals surface area contributed by atoms with Crippen LogP contribution in [0.1, 0.15) is 16.9 Å². The van der Waals surface area contributed by atoms with Crippen molar-refractivity contribution in [3.8, 4) is 0 Å². The third-order valence-electron chi connectivity index (χ3n) is 5.31. The number of imide groups is 1. The van der Waals surface area contributed by atoms with E-state index in [0.29, 0.717) is 33.5 Å². The molecule has 5 rings (SSSR count). The van der Waals surface area contributed by atoms with Crippen LogP contribution >= 0.6 is 34.5 Å². The molecule has 0 radical (unpaired) electrons. The quantitative estimate of drug-likeness (QED) is 0.470. The van der Waals surface area contributed by atoms with Crippen molar-refractivity contribution < 1.29 is 9.59 Å². The van der Waals surface area contributed by atoms with E-state index in [-0.39, 0.29) is 11.8 Å². The highest BCUT2D eigenvalue weighted by Crippen LogP contribution is 2.41. The first-order valence-corrected chi connectivity index (χ1v) is 11.2. The number of carbonyl (C=O) groups is 2. The molecule has 0 saturated heterocycles. The van der Waals surface area contributed by atoms with Crippen LogP contribution in [0.4, 0.5) is 11.4 Å². The van der Waals surface area contributed by atoms with E-state index in [1.54, 1.807) is 18.2 Å². The second-order valence-corrected chi connectivity index (χ2v) is 8.98. The van der Waals surface area contributed by atoms with Crippen molar-refractivity contribution >= 4 is 63.3 Å². The first-order chi connectivity index (χ1) is 14.5. The second-order valence-electron chi connectivity index (χ2n) is 7.16. The van der Waals surface area contributed by atoms with Crippen molar-refractivity contribution in [2.45, 2.75) is 12.8 Å². The second kappa shape index (κ2) is 7.58. The van der Waals surface area contributed by atoms with Gasteiger partial charge >= 0.3 is 0 Å². The topological polar surface area (TPSA) is 40.6 Å². The van der Waals surface area contributed by atoms with Gasteiger partial charge < -0.3 is 4.90 Å². The number of benzene rings is 2. The average molecular weight is 455 g/mol. The van der Waals surface area contributed by atoms with E-state index in [9.17, 15) is 9.59 Å². The van der Waals surface area contributed by atoms with E-state index in [2.05, 4.69) is 6.07 Å². The van der Waals surface area contributed by atoms with Crippen LogP contribution < -0.4 is 9.80 Å². The summed E-state index contributed by atoms with van der Waals surface area (Å²) in [6.45, 7) is 0.671. The van der Waals surface area contributed by atoms with Gasteiger partial charge in [-0.05, 0) is 54.1 Å². The molecular weight excluding hydrogens is 439 g/mol. The molecule has 2 aliphatic rings. The molecule has 4 nitrogen and oxygen atoms in total. The Morgan fingerprint density at radius 3 is 2.40 bits per heavy atom. The average Bonchev–Trinajstić information content (AvgIpc) is 3.33. The van der Waals surface area contributed by atoms with Gasteiger partial charge in [-0.15, -0.1) is 11.3 Å². The van der Waals surface area contributed by atoms with Gasteiger partial charge in [0, 0.05) is 27.2 Å². The minimum Gasteiger partial charge on any atom is -0.336 e. The number of thiophene rings is 1. The molecule has 30 heavy (non-hydrogen) atoms. The van der Waals surface area contributed by atoms with E-state index in [1.807, 2.05) is 40.6 Å². The van der Waals surface area contributed by atoms with E-state index in [0.717, 1.165) is 23.4 Å². The summed E-state index contributed by atoms with van der Waals surface area (Å²) >= 11 is 13.8. The molecule has 0 bridgehead atoms. The fourth-order valence-corrected chi connectivity index (χ4v) is 5.36. The van der Waals surface area contributed by atoms with Crippen LogP contribution in [-0.2, 0) is 16.0 Å². The lowest BCUT2D eigenvalue weighted by atomic mass is 10.00. The van der Waals surface area contributed by atoms with Crippen molar-refractivity contribution in [3.63, 3.8) is 0 Å². The first kappa shape index (κ1) is 19.4. The molecule has 2 aromatic carbocycles. The molecule has 0 fully saturated rings. The highest BCUT2D eigenvalue weighted by molar-refractivity contribution is 7.11. The Morgan fingerprint density at radius 1 is 0.900 bits per heavy atom. The zero-order valence-electron chi connectivity index (χ0n) is 15.8. The number of rotatable bonds is 3. The molecule has 150 valence electrons. The monoisotopic (exact) mass is 454 g/mol. The number of para-hydroxylation sites is 1. The van der Waals surface area contributed by atoms with Gasteiger partial charge in [-0.25, -0.2) is 4.90 Å². The number of halogens is 2. The van der Waals surface area contributed by atoms with Gasteiger partial charge in [0.1, 0.15) is 5.70 Å². The van der Waals surface area contributed by atoms with Crippen LogP contribution in [0.3, 0.4) is 0 Å². The van der Waals surface area contributed by atoms with E-state index in [4.69, 9.17) is 23.2 Å². The lowest BCUT2D eigenvalue weighted by Crippen LogP contribution is -2.37. The van der Waals surface area contributed by atoms with Crippen molar-refractivity contribution in [2.75, 3.05) is 16.3 Å². The summed E-state index contributed by atoms with van der Waals surface area (Å²) in [4.78, 5) is 31.2. The molecule has 2 aliphatic heterocycles. The number of nitrogens with zero attached hydrogens (tertiary/aromatic N) is 2. The molecule has 0 saturated carbocycles. The summed E-state index contributed by atoms with van der Waals surface area (Å²) in [5.41, 5.74) is 3.34. The predicted molar refractivity (Wildman–Crippen MR) is 122 cm³/mol. The molecular formula is C23H16Cl2N2O2S. The molecule has 0 unspecified atom stereocenters. The van der Waals surface area contributed by atoms with Gasteiger partial charge in [0.2, 0.25) is 0 Å². The van der Waals surface area contributed by atoms with Gasteiger partial charge in [0.25, 0.3) is 11.8 Å². The number of hydrogen-bond acceptors (Lipinski definition) is 4. The van der Waals surface area contributed by atoms with Crippen LogP contribution in [-0.4, -0.2) is 18.4 Å². The summed E-state index contributed by atoms with van der Waals surface area (Å²) in [5, 5.41) is 2.64. The Balaban J connectivity index is 1.69. The lowest BCUT2D eigenvalue weighted by molar-refractivity contribution is -0.120. The summed E-state index contributed by atoms with van der Waals surface area (Å²) in [5.74, 6) is -0.725. The number of amides is 2. The molecule has 0 N–H and O–H groups in total. The summed E-state index contributed by atoms with van der Waals surface area (Å²) in [6.07, 6.45) is 1.85. The zero-order valence-corrected chi connectivity index (χ0v) is 18.1. The van der Waals surface area contributed by atoms with E-state index < -0.39 is 0 Å². The van der Waals surface area contributed by atoms with Crippen LogP contribution in [0, 0.1) is 0 Å². The molecule has 2 amide bonds. The van der Waals surface area contributed by atoms with Gasteiger partial charge in [-0.3, -0.25) is 9.59 Å². The van der Waals surface area contributed by atoms with Crippen LogP contribution in [0.15, 0.2) is 65.7 Å². The zero-order chi connectivity index (χ0) is 20.8. The SMILES string of the molecule is O=C1C(c2cccs2)=C(N2CCCc3ccccc32)C(=O)N1c1cc(Cl)cc(Cl)c1. The maximum atomic E-state index is 13.7. The molecule has 0 aliphatic carbocycles. The largest absolute Gasteiger partial charge is 0.336 e. The Morgan fingerprint density at radius 2 is 1.67 bits per heavy atom. The summed E-state index contributed by atoms with van der Waals surface area (Å²) in [7, 11) is 0. The van der Waals surface area contributed by atoms with Gasteiger partial charge in [0.15, 0.2) is 0 Å². The van der Waals surface area contributed by atoms with Gasteiger partial charge in [-0.2, -0.15) is 0 Å². The highest BCUT2D eigenvalue weighted by Gasteiger charge is 2.44. The van der Waals surface area contributed by atoms with Crippen molar-refractivity contribution in [1.29, 1.82) is 0 Å². The number of hydrogen-bond donors (Lipinski definition) is 0. The number of anilines is 2. The van der Waals surface area contributed by atoms with Crippen LogP contribution in [0.2, 0.25) is 10.0 Å². The third-order valence-corrected chi connectivity index (χ3v) is 6.64. The molecule has 3 aromatic rings. The van der Waals surface area contributed by atoms with Crippen molar-refractivity contribution in [1.82, 2.24) is 0 Å². The van der Waals surface area contributed by atoms with Crippen molar-refractivity contribution in [3.05, 3.63) is 86.2 Å². The van der Waals surface area contributed by atoms with E-state index in [1.165, 1.54) is 21.8 Å². The summed E-state index contributed by atoms with van der Waals surface area (Å²) < 4.78 is 0. The Bertz CT molecular complexity index is 1180. The normalized spacial score (nSPS) is 16.5. The molecule has 3 heterocycles. The van der Waals surface area contributed by atoms with Crippen LogP contribution in [0.25, 0.3) is 5.57 Å². The standard InChI is InChI=1S/C23H16Cl2N2O2S/c24-15-11-16(25)13-17(12-15)27-22(28)20(19-8-4-10-30-19)21(23(27)29)26-9-3-6-14-5-1-2-7-18(14)26/h1-2,4-5,7-8,10-13H,3,6,9H2. The van der Waals surface area contributed by atoms with E-state index >= 15 is 0 Å². The lowest BCUT2D eigenvalue weighted by Gasteiger charge is -2.32. The molecule has 0 spiro atoms. The highest BCUT2D eigenvalue weighted by atomic mass is 35.5. The predicted octanol–water partition coefficient (Wildman–Crippen LogP) is 5.79. The summed E-state index contributed by atoms with van der Waals surface area (Å²) in [6, 6.07) is 16.5. The Hall–Kier alpha value is -2.60. The third kappa shape index (κ3) is 3.14. The molecule has 0 atom stereocenters. The minimum atomic E-state index is -0.363. The first-order valence-electron chi connectivity index (χ1n) is 9.53. The Labute approximate surface area is 187 Å². The molecule has 7 heteroatoms. The number of fused-ring (bicyclic) bond motifs is 1. The fraction of sp³-hybridized carbons (Fsp3) is 0.130.